The maximum absolute atomic E-state index is 12.5. The molecule has 2 saturated carbocycles. The Balaban J connectivity index is 1.78. The molecule has 138 valence electrons. The number of H-pyrrole nitrogens is 1. The maximum atomic E-state index is 12.5. The molecule has 2 aliphatic carbocycles. The van der Waals surface area contributed by atoms with Gasteiger partial charge in [-0.25, -0.2) is 19.4 Å². The number of nitrogens with zero attached hydrogens (tertiary/aromatic N) is 2. The average molecular weight is 359 g/mol. The third-order valence-corrected chi connectivity index (χ3v) is 4.87. The molecule has 0 aromatic carbocycles. The summed E-state index contributed by atoms with van der Waals surface area (Å²) in [5.41, 5.74) is -0.645. The lowest BCUT2D eigenvalue weighted by molar-refractivity contribution is 0.0937. The second-order valence-corrected chi connectivity index (χ2v) is 6.68. The van der Waals surface area contributed by atoms with Gasteiger partial charge in [0.15, 0.2) is 0 Å². The molecule has 1 heterocycles. The zero-order valence-electron chi connectivity index (χ0n) is 14.4. The first kappa shape index (κ1) is 18.0. The van der Waals surface area contributed by atoms with Crippen molar-refractivity contribution in [1.82, 2.24) is 9.97 Å². The predicted octanol–water partition coefficient (Wildman–Crippen LogP) is 2.43. The number of hydrogen-bond donors (Lipinski definition) is 1. The van der Waals surface area contributed by atoms with Crippen molar-refractivity contribution in [2.45, 2.75) is 38.5 Å². The van der Waals surface area contributed by atoms with E-state index in [0.29, 0.717) is 16.7 Å². The highest BCUT2D eigenvalue weighted by atomic mass is 16.6. The van der Waals surface area contributed by atoms with E-state index in [1.807, 2.05) is 0 Å². The van der Waals surface area contributed by atoms with Crippen LogP contribution in [0.2, 0.25) is 0 Å². The zero-order chi connectivity index (χ0) is 18.5. The Morgan fingerprint density at radius 1 is 1.15 bits per heavy atom. The van der Waals surface area contributed by atoms with Crippen LogP contribution in [-0.4, -0.2) is 35.4 Å². The second-order valence-electron chi connectivity index (χ2n) is 6.68. The third kappa shape index (κ3) is 4.04. The van der Waals surface area contributed by atoms with E-state index in [4.69, 9.17) is 15.9 Å². The zero-order valence-corrected chi connectivity index (χ0v) is 14.4. The highest BCUT2D eigenvalue weighted by Gasteiger charge is 2.32. The minimum Gasteiger partial charge on any atom is -0.448 e. The Hall–Kier alpha value is -2.82. The van der Waals surface area contributed by atoms with Gasteiger partial charge in [-0.2, -0.15) is 4.90 Å². The smallest absolute Gasteiger partial charge is 0.425 e. The van der Waals surface area contributed by atoms with Crippen molar-refractivity contribution in [3.63, 3.8) is 0 Å². The average Bonchev–Trinajstić information content (AvgIpc) is 2.52. The number of aromatic amines is 1. The second kappa shape index (κ2) is 8.04. The van der Waals surface area contributed by atoms with Gasteiger partial charge >= 0.3 is 17.9 Å². The number of carbonyl (C=O) groups excluding carboxylic acids is 2. The molecule has 0 bridgehead atoms. The molecule has 0 radical (unpaired) electrons. The number of anilines is 1. The van der Waals surface area contributed by atoms with E-state index in [9.17, 15) is 14.4 Å². The molecule has 0 aliphatic heterocycles. The molecular weight excluding hydrogens is 338 g/mol. The van der Waals surface area contributed by atoms with Crippen molar-refractivity contribution in [1.29, 1.82) is 0 Å². The Morgan fingerprint density at radius 3 is 2.12 bits per heavy atom. The molecule has 8 nitrogen and oxygen atoms in total. The van der Waals surface area contributed by atoms with Crippen LogP contribution in [0, 0.1) is 24.2 Å². The van der Waals surface area contributed by atoms with Crippen LogP contribution in [-0.2, 0) is 9.47 Å². The maximum Gasteiger partial charge on any atom is 0.425 e. The van der Waals surface area contributed by atoms with E-state index in [-0.39, 0.29) is 24.6 Å². The molecule has 1 N–H and O–H groups in total. The van der Waals surface area contributed by atoms with Gasteiger partial charge < -0.3 is 9.47 Å². The fourth-order valence-corrected chi connectivity index (χ4v) is 2.75. The number of nitrogens with one attached hydrogen (secondary N) is 1. The van der Waals surface area contributed by atoms with Crippen LogP contribution in [0.4, 0.5) is 15.4 Å². The first-order valence-electron chi connectivity index (χ1n) is 8.78. The van der Waals surface area contributed by atoms with E-state index in [1.54, 1.807) is 0 Å². The number of ether oxygens (including phenoxy) is 2. The molecule has 0 unspecified atom stereocenters. The van der Waals surface area contributed by atoms with Crippen molar-refractivity contribution in [2.24, 2.45) is 11.8 Å². The number of imide groups is 1. The van der Waals surface area contributed by atoms with E-state index in [0.717, 1.165) is 44.7 Å². The highest BCUT2D eigenvalue weighted by Crippen LogP contribution is 2.28. The highest BCUT2D eigenvalue weighted by molar-refractivity contribution is 6.09. The Labute approximate surface area is 150 Å². The minimum absolute atomic E-state index is 0.0887. The van der Waals surface area contributed by atoms with Crippen LogP contribution in [0.15, 0.2) is 11.0 Å². The van der Waals surface area contributed by atoms with Gasteiger partial charge in [0, 0.05) is 0 Å². The molecule has 3 rings (SSSR count). The Morgan fingerprint density at radius 2 is 1.69 bits per heavy atom. The molecule has 1 aromatic rings. The summed E-state index contributed by atoms with van der Waals surface area (Å²) in [7, 11) is 0. The summed E-state index contributed by atoms with van der Waals surface area (Å²) in [6.07, 6.45) is 10.8. The summed E-state index contributed by atoms with van der Waals surface area (Å²) < 4.78 is 10.5. The minimum atomic E-state index is -0.922. The molecule has 0 spiro atoms. The number of terminal acetylenes is 1. The monoisotopic (exact) mass is 359 g/mol. The van der Waals surface area contributed by atoms with Gasteiger partial charge in [0.2, 0.25) is 0 Å². The van der Waals surface area contributed by atoms with Crippen LogP contribution in [0.25, 0.3) is 0 Å². The van der Waals surface area contributed by atoms with Gasteiger partial charge in [0.25, 0.3) is 0 Å². The van der Waals surface area contributed by atoms with E-state index in [1.165, 1.54) is 0 Å². The summed E-state index contributed by atoms with van der Waals surface area (Å²) in [6, 6.07) is 0. The van der Waals surface area contributed by atoms with Gasteiger partial charge in [0.05, 0.1) is 25.0 Å². The number of aromatic nitrogens is 2. The lowest BCUT2D eigenvalue weighted by Crippen LogP contribution is -2.41. The molecule has 1 aromatic heterocycles. The largest absolute Gasteiger partial charge is 0.448 e. The number of amides is 2. The summed E-state index contributed by atoms with van der Waals surface area (Å²) >= 11 is 0. The molecule has 0 atom stereocenters. The third-order valence-electron chi connectivity index (χ3n) is 4.87. The number of rotatable bonds is 5. The molecular formula is C18H21N3O5. The summed E-state index contributed by atoms with van der Waals surface area (Å²) in [6.45, 7) is 0.428. The fourth-order valence-electron chi connectivity index (χ4n) is 2.75. The molecule has 2 fully saturated rings. The SMILES string of the molecule is C#Cc1cnc(=O)[nH]c1N(C(=O)OCC1CCC1)C(=O)OCC1CCC1. The Bertz CT molecular complexity index is 744. The van der Waals surface area contributed by atoms with Crippen LogP contribution < -0.4 is 10.6 Å². The topological polar surface area (TPSA) is 102 Å². The summed E-state index contributed by atoms with van der Waals surface area (Å²) in [5.74, 6) is 2.74. The van der Waals surface area contributed by atoms with E-state index >= 15 is 0 Å². The van der Waals surface area contributed by atoms with Crippen LogP contribution >= 0.6 is 0 Å². The molecule has 2 aliphatic rings. The van der Waals surface area contributed by atoms with Crippen molar-refractivity contribution in [3.05, 3.63) is 22.2 Å². The lowest BCUT2D eigenvalue weighted by Gasteiger charge is -2.28. The summed E-state index contributed by atoms with van der Waals surface area (Å²) in [5, 5.41) is 0. The predicted molar refractivity (Wildman–Crippen MR) is 92.6 cm³/mol. The van der Waals surface area contributed by atoms with Gasteiger partial charge in [-0.1, -0.05) is 18.8 Å². The van der Waals surface area contributed by atoms with Crippen molar-refractivity contribution >= 4 is 18.0 Å². The van der Waals surface area contributed by atoms with Crippen LogP contribution in [0.5, 0.6) is 0 Å². The first-order valence-corrected chi connectivity index (χ1v) is 8.78. The Kier molecular flexibility index (Phi) is 5.56. The van der Waals surface area contributed by atoms with Gasteiger partial charge in [-0.15, -0.1) is 6.42 Å². The summed E-state index contributed by atoms with van der Waals surface area (Å²) in [4.78, 5) is 43.1. The number of carbonyl (C=O) groups is 2. The number of hydrogen-bond acceptors (Lipinski definition) is 6. The van der Waals surface area contributed by atoms with Gasteiger partial charge in [-0.05, 0) is 37.5 Å². The fraction of sp³-hybridized carbons (Fsp3) is 0.556. The molecule has 8 heteroatoms. The van der Waals surface area contributed by atoms with Crippen LogP contribution in [0.1, 0.15) is 44.1 Å². The quantitative estimate of drug-likeness (QED) is 0.810. The van der Waals surface area contributed by atoms with Crippen molar-refractivity contribution in [2.75, 3.05) is 18.1 Å². The molecule has 26 heavy (non-hydrogen) atoms. The first-order chi connectivity index (χ1) is 12.6. The van der Waals surface area contributed by atoms with E-state index in [2.05, 4.69) is 15.9 Å². The van der Waals surface area contributed by atoms with Crippen molar-refractivity contribution in [3.8, 4) is 12.3 Å². The van der Waals surface area contributed by atoms with E-state index < -0.39 is 17.9 Å². The molecule has 2 amide bonds. The lowest BCUT2D eigenvalue weighted by atomic mass is 9.86. The van der Waals surface area contributed by atoms with Crippen molar-refractivity contribution < 1.29 is 19.1 Å². The van der Waals surface area contributed by atoms with Crippen LogP contribution in [0.3, 0.4) is 0 Å². The normalized spacial score (nSPS) is 16.7. The van der Waals surface area contributed by atoms with Gasteiger partial charge in [0.1, 0.15) is 5.82 Å². The standard InChI is InChI=1S/C18H21N3O5/c1-2-14-9-19-16(22)20-15(14)21(17(23)25-10-12-5-3-6-12)18(24)26-11-13-7-4-8-13/h1,9,12-13H,3-8,10-11H2,(H,19,20,22). The van der Waals surface area contributed by atoms with Gasteiger partial charge in [-0.3, -0.25) is 4.98 Å². The molecule has 0 saturated heterocycles.